The lowest BCUT2D eigenvalue weighted by Gasteiger charge is -2.17. The Balaban J connectivity index is 2.21. The standard InChI is InChI=1S/C13H23N3/c1-4-9(2)7-13-15-11-8-10(14)5-6-12(11)16(13)3/h9-10H,4-8,14H2,1-3H3. The molecule has 1 aliphatic rings. The van der Waals surface area contributed by atoms with Crippen LogP contribution in [0, 0.1) is 5.92 Å². The first kappa shape index (κ1) is 11.6. The van der Waals surface area contributed by atoms with Crippen molar-refractivity contribution in [2.75, 3.05) is 0 Å². The van der Waals surface area contributed by atoms with Crippen LogP contribution in [0.25, 0.3) is 0 Å². The van der Waals surface area contributed by atoms with Crippen molar-refractivity contribution in [3.63, 3.8) is 0 Å². The second-order valence-corrected chi connectivity index (χ2v) is 5.20. The molecule has 2 rings (SSSR count). The molecule has 0 bridgehead atoms. The van der Waals surface area contributed by atoms with E-state index in [9.17, 15) is 0 Å². The molecule has 16 heavy (non-hydrogen) atoms. The molecule has 2 N–H and O–H groups in total. The molecule has 1 aromatic heterocycles. The van der Waals surface area contributed by atoms with Gasteiger partial charge < -0.3 is 10.3 Å². The Hall–Kier alpha value is -0.830. The second kappa shape index (κ2) is 4.58. The van der Waals surface area contributed by atoms with Crippen LogP contribution in [0.1, 0.15) is 43.9 Å². The van der Waals surface area contributed by atoms with Crippen LogP contribution in [-0.4, -0.2) is 15.6 Å². The maximum atomic E-state index is 5.99. The molecule has 0 aromatic carbocycles. The molecule has 1 aromatic rings. The molecule has 0 radical (unpaired) electrons. The average Bonchev–Trinajstić information content (AvgIpc) is 2.55. The highest BCUT2D eigenvalue weighted by Crippen LogP contribution is 2.22. The minimum Gasteiger partial charge on any atom is -0.335 e. The van der Waals surface area contributed by atoms with Crippen LogP contribution in [-0.2, 0) is 26.3 Å². The lowest BCUT2D eigenvalue weighted by atomic mass is 9.97. The molecule has 0 amide bonds. The highest BCUT2D eigenvalue weighted by molar-refractivity contribution is 5.21. The van der Waals surface area contributed by atoms with E-state index in [-0.39, 0.29) is 0 Å². The maximum absolute atomic E-state index is 5.99. The molecule has 0 saturated heterocycles. The molecular weight excluding hydrogens is 198 g/mol. The summed E-state index contributed by atoms with van der Waals surface area (Å²) in [7, 11) is 2.15. The maximum Gasteiger partial charge on any atom is 0.109 e. The molecule has 3 nitrogen and oxygen atoms in total. The fraction of sp³-hybridized carbons (Fsp3) is 0.769. The van der Waals surface area contributed by atoms with Crippen LogP contribution in [0.5, 0.6) is 0 Å². The molecule has 1 heterocycles. The Morgan fingerprint density at radius 1 is 1.56 bits per heavy atom. The predicted octanol–water partition coefficient (Wildman–Crippen LogP) is 1.82. The van der Waals surface area contributed by atoms with E-state index >= 15 is 0 Å². The van der Waals surface area contributed by atoms with Gasteiger partial charge in [-0.3, -0.25) is 0 Å². The quantitative estimate of drug-likeness (QED) is 0.846. The van der Waals surface area contributed by atoms with Crippen molar-refractivity contribution in [2.24, 2.45) is 18.7 Å². The van der Waals surface area contributed by atoms with E-state index in [1.54, 1.807) is 0 Å². The fourth-order valence-corrected chi connectivity index (χ4v) is 2.43. The van der Waals surface area contributed by atoms with Crippen LogP contribution in [0.2, 0.25) is 0 Å². The van der Waals surface area contributed by atoms with Crippen molar-refractivity contribution in [1.29, 1.82) is 0 Å². The highest BCUT2D eigenvalue weighted by atomic mass is 15.1. The van der Waals surface area contributed by atoms with Gasteiger partial charge in [-0.1, -0.05) is 20.3 Å². The van der Waals surface area contributed by atoms with Crippen LogP contribution >= 0.6 is 0 Å². The van der Waals surface area contributed by atoms with Crippen molar-refractivity contribution in [3.8, 4) is 0 Å². The van der Waals surface area contributed by atoms with Crippen molar-refractivity contribution in [2.45, 2.75) is 52.0 Å². The monoisotopic (exact) mass is 221 g/mol. The highest BCUT2D eigenvalue weighted by Gasteiger charge is 2.22. The summed E-state index contributed by atoms with van der Waals surface area (Å²) in [5.41, 5.74) is 8.65. The molecular formula is C13H23N3. The molecule has 0 fully saturated rings. The Kier molecular flexibility index (Phi) is 3.33. The molecule has 3 heteroatoms. The largest absolute Gasteiger partial charge is 0.335 e. The first-order chi connectivity index (χ1) is 7.61. The Labute approximate surface area is 98.1 Å². The van der Waals surface area contributed by atoms with Gasteiger partial charge in [-0.05, 0) is 18.8 Å². The van der Waals surface area contributed by atoms with Crippen molar-refractivity contribution < 1.29 is 0 Å². The van der Waals surface area contributed by atoms with E-state index < -0.39 is 0 Å². The van der Waals surface area contributed by atoms with Crippen molar-refractivity contribution in [3.05, 3.63) is 17.2 Å². The van der Waals surface area contributed by atoms with E-state index in [0.29, 0.717) is 6.04 Å². The number of rotatable bonds is 3. The number of hydrogen-bond donors (Lipinski definition) is 1. The van der Waals surface area contributed by atoms with Gasteiger partial charge in [0, 0.05) is 31.6 Å². The van der Waals surface area contributed by atoms with Crippen LogP contribution in [0.3, 0.4) is 0 Å². The second-order valence-electron chi connectivity index (χ2n) is 5.20. The Bertz CT molecular complexity index is 367. The predicted molar refractivity (Wildman–Crippen MR) is 66.4 cm³/mol. The van der Waals surface area contributed by atoms with Gasteiger partial charge in [0.05, 0.1) is 5.69 Å². The zero-order valence-electron chi connectivity index (χ0n) is 10.7. The third-order valence-corrected chi connectivity index (χ3v) is 3.82. The zero-order valence-corrected chi connectivity index (χ0v) is 10.7. The summed E-state index contributed by atoms with van der Waals surface area (Å²) >= 11 is 0. The van der Waals surface area contributed by atoms with Gasteiger partial charge in [-0.15, -0.1) is 0 Å². The molecule has 0 saturated carbocycles. The van der Waals surface area contributed by atoms with Crippen LogP contribution in [0.4, 0.5) is 0 Å². The Morgan fingerprint density at radius 3 is 3.00 bits per heavy atom. The first-order valence-corrected chi connectivity index (χ1v) is 6.40. The topological polar surface area (TPSA) is 43.8 Å². The van der Waals surface area contributed by atoms with Gasteiger partial charge in [-0.25, -0.2) is 4.98 Å². The van der Waals surface area contributed by atoms with E-state index in [2.05, 4.69) is 25.5 Å². The van der Waals surface area contributed by atoms with E-state index in [1.807, 2.05) is 0 Å². The minimum absolute atomic E-state index is 0.318. The van der Waals surface area contributed by atoms with E-state index in [0.717, 1.165) is 31.6 Å². The number of nitrogens with two attached hydrogens (primary N) is 1. The molecule has 0 spiro atoms. The molecule has 1 aliphatic carbocycles. The van der Waals surface area contributed by atoms with Gasteiger partial charge in [0.2, 0.25) is 0 Å². The van der Waals surface area contributed by atoms with Gasteiger partial charge >= 0.3 is 0 Å². The summed E-state index contributed by atoms with van der Waals surface area (Å²) < 4.78 is 2.30. The van der Waals surface area contributed by atoms with E-state index in [4.69, 9.17) is 10.7 Å². The molecule has 90 valence electrons. The number of hydrogen-bond acceptors (Lipinski definition) is 2. The number of imidazole rings is 1. The zero-order chi connectivity index (χ0) is 11.7. The first-order valence-electron chi connectivity index (χ1n) is 6.40. The molecule has 2 atom stereocenters. The van der Waals surface area contributed by atoms with Gasteiger partial charge in [0.15, 0.2) is 0 Å². The van der Waals surface area contributed by atoms with Gasteiger partial charge in [0.1, 0.15) is 5.82 Å². The van der Waals surface area contributed by atoms with Crippen LogP contribution in [0.15, 0.2) is 0 Å². The summed E-state index contributed by atoms with van der Waals surface area (Å²) in [6, 6.07) is 0.318. The van der Waals surface area contributed by atoms with Gasteiger partial charge in [-0.2, -0.15) is 0 Å². The molecule has 2 unspecified atom stereocenters. The summed E-state index contributed by atoms with van der Waals surface area (Å²) in [5.74, 6) is 1.96. The van der Waals surface area contributed by atoms with Crippen LogP contribution < -0.4 is 5.73 Å². The lowest BCUT2D eigenvalue weighted by Crippen LogP contribution is -2.28. The normalized spacial score (nSPS) is 21.9. The minimum atomic E-state index is 0.318. The SMILES string of the molecule is CCC(C)Cc1nc2c(n1C)CCC(N)C2. The summed E-state index contributed by atoms with van der Waals surface area (Å²) in [4.78, 5) is 4.77. The van der Waals surface area contributed by atoms with Crippen molar-refractivity contribution >= 4 is 0 Å². The third kappa shape index (κ3) is 2.14. The summed E-state index contributed by atoms with van der Waals surface area (Å²) in [6.07, 6.45) is 5.48. The third-order valence-electron chi connectivity index (χ3n) is 3.82. The number of fused-ring (bicyclic) bond motifs is 1. The van der Waals surface area contributed by atoms with Gasteiger partial charge in [0.25, 0.3) is 0 Å². The average molecular weight is 221 g/mol. The molecule has 0 aliphatic heterocycles. The summed E-state index contributed by atoms with van der Waals surface area (Å²) in [5, 5.41) is 0. The van der Waals surface area contributed by atoms with Crippen molar-refractivity contribution in [1.82, 2.24) is 9.55 Å². The van der Waals surface area contributed by atoms with E-state index in [1.165, 1.54) is 23.6 Å². The number of aromatic nitrogens is 2. The lowest BCUT2D eigenvalue weighted by molar-refractivity contribution is 0.528. The Morgan fingerprint density at radius 2 is 2.31 bits per heavy atom. The number of nitrogens with zero attached hydrogens (tertiary/aromatic N) is 2. The smallest absolute Gasteiger partial charge is 0.109 e. The summed E-state index contributed by atoms with van der Waals surface area (Å²) in [6.45, 7) is 4.53. The fourth-order valence-electron chi connectivity index (χ4n) is 2.43.